The summed E-state index contributed by atoms with van der Waals surface area (Å²) in [6.45, 7) is 6.13. The Hall–Kier alpha value is -1.56. The zero-order chi connectivity index (χ0) is 22.4. The lowest BCUT2D eigenvalue weighted by Gasteiger charge is -2.36. The quantitative estimate of drug-likeness (QED) is 0.302. The van der Waals surface area contributed by atoms with Crippen molar-refractivity contribution < 1.29 is 18.0 Å². The number of alkyl halides is 3. The molecule has 1 unspecified atom stereocenters. The normalized spacial score (nSPS) is 18.7. The van der Waals surface area contributed by atoms with Crippen LogP contribution in [0, 0.1) is 0 Å². The first kappa shape index (κ1) is 26.7. The Morgan fingerprint density at radius 3 is 2.50 bits per heavy atom. The predicted molar refractivity (Wildman–Crippen MR) is 130 cm³/mol. The van der Waals surface area contributed by atoms with Gasteiger partial charge in [-0.1, -0.05) is 25.1 Å². The number of rotatable bonds is 7. The molecule has 2 fully saturated rings. The van der Waals surface area contributed by atoms with E-state index in [2.05, 4.69) is 25.4 Å². The number of amides is 1. The van der Waals surface area contributed by atoms with Gasteiger partial charge in [0.1, 0.15) is 0 Å². The lowest BCUT2D eigenvalue weighted by Crippen LogP contribution is -2.54. The van der Waals surface area contributed by atoms with Gasteiger partial charge < -0.3 is 15.5 Å². The van der Waals surface area contributed by atoms with Gasteiger partial charge in [0.25, 0.3) is 0 Å². The molecule has 10 heteroatoms. The molecule has 32 heavy (non-hydrogen) atoms. The van der Waals surface area contributed by atoms with E-state index in [1.807, 2.05) is 6.92 Å². The number of nitrogens with one attached hydrogen (secondary N) is 2. The molecule has 2 aliphatic rings. The predicted octanol–water partition coefficient (Wildman–Crippen LogP) is 3.29. The van der Waals surface area contributed by atoms with Crippen molar-refractivity contribution in [2.75, 3.05) is 46.3 Å². The van der Waals surface area contributed by atoms with Gasteiger partial charge in [0.05, 0.1) is 12.1 Å². The maximum Gasteiger partial charge on any atom is 0.416 e. The van der Waals surface area contributed by atoms with Gasteiger partial charge in [0.2, 0.25) is 5.91 Å². The highest BCUT2D eigenvalue weighted by molar-refractivity contribution is 14.0. The summed E-state index contributed by atoms with van der Waals surface area (Å²) in [4.78, 5) is 20.6. The van der Waals surface area contributed by atoms with E-state index in [0.29, 0.717) is 31.1 Å². The van der Waals surface area contributed by atoms with Crippen LogP contribution in [0.3, 0.4) is 0 Å². The molecule has 0 radical (unpaired) electrons. The monoisotopic (exact) mass is 567 g/mol. The fourth-order valence-electron chi connectivity index (χ4n) is 3.74. The number of carbonyl (C=O) groups excluding carboxylic acids is 1. The second kappa shape index (κ2) is 12.1. The first-order valence-corrected chi connectivity index (χ1v) is 10.9. The van der Waals surface area contributed by atoms with Gasteiger partial charge >= 0.3 is 6.18 Å². The molecule has 1 aliphatic carbocycles. The van der Waals surface area contributed by atoms with Crippen molar-refractivity contribution in [3.63, 3.8) is 0 Å². The van der Waals surface area contributed by atoms with Gasteiger partial charge in [0.15, 0.2) is 5.96 Å². The van der Waals surface area contributed by atoms with Crippen LogP contribution in [0.5, 0.6) is 0 Å². The molecule has 0 aromatic heterocycles. The highest BCUT2D eigenvalue weighted by Crippen LogP contribution is 2.31. The van der Waals surface area contributed by atoms with Crippen molar-refractivity contribution in [1.29, 1.82) is 0 Å². The number of hydrogen-bond donors (Lipinski definition) is 2. The SMILES string of the molecule is CN=C(NCCC(C)c1cccc(C(F)(F)F)c1)N1CCN(CC(=O)NC2CC2)CC1.I. The van der Waals surface area contributed by atoms with Gasteiger partial charge in [0, 0.05) is 45.8 Å². The van der Waals surface area contributed by atoms with Crippen LogP contribution in [-0.4, -0.2) is 74.0 Å². The van der Waals surface area contributed by atoms with Crippen LogP contribution < -0.4 is 10.6 Å². The number of benzene rings is 1. The summed E-state index contributed by atoms with van der Waals surface area (Å²) in [7, 11) is 1.73. The molecule has 1 saturated heterocycles. The van der Waals surface area contributed by atoms with E-state index >= 15 is 0 Å². The first-order chi connectivity index (χ1) is 14.8. The standard InChI is InChI=1S/C22H32F3N5O.HI/c1-16(17-4-3-5-18(14-17)22(23,24)25)8-9-27-21(26-2)30-12-10-29(11-13-30)15-20(31)28-19-6-7-19;/h3-5,14,16,19H,6-13,15H2,1-2H3,(H,26,27)(H,28,31);1H. The van der Waals surface area contributed by atoms with Crippen LogP contribution >= 0.6 is 24.0 Å². The first-order valence-electron chi connectivity index (χ1n) is 10.9. The van der Waals surface area contributed by atoms with Crippen LogP contribution in [0.1, 0.15) is 43.2 Å². The smallest absolute Gasteiger partial charge is 0.356 e. The van der Waals surface area contributed by atoms with E-state index < -0.39 is 11.7 Å². The summed E-state index contributed by atoms with van der Waals surface area (Å²) >= 11 is 0. The molecule has 0 bridgehead atoms. The maximum atomic E-state index is 12.9. The van der Waals surface area contributed by atoms with E-state index in [1.54, 1.807) is 13.1 Å². The molecule has 0 spiro atoms. The molecule has 1 amide bonds. The van der Waals surface area contributed by atoms with Gasteiger partial charge in [-0.15, -0.1) is 24.0 Å². The lowest BCUT2D eigenvalue weighted by molar-refractivity contribution is -0.137. The minimum Gasteiger partial charge on any atom is -0.356 e. The second-order valence-corrected chi connectivity index (χ2v) is 8.39. The molecule has 1 aliphatic heterocycles. The minimum atomic E-state index is -4.32. The van der Waals surface area contributed by atoms with E-state index in [-0.39, 0.29) is 35.8 Å². The Kier molecular flexibility index (Phi) is 10.1. The van der Waals surface area contributed by atoms with E-state index in [1.165, 1.54) is 12.1 Å². The Morgan fingerprint density at radius 1 is 1.22 bits per heavy atom. The molecule has 1 heterocycles. The third-order valence-electron chi connectivity index (χ3n) is 5.84. The number of hydrogen-bond acceptors (Lipinski definition) is 3. The molecule has 1 aromatic carbocycles. The van der Waals surface area contributed by atoms with Crippen molar-refractivity contribution in [3.8, 4) is 0 Å². The average molecular weight is 567 g/mol. The summed E-state index contributed by atoms with van der Waals surface area (Å²) < 4.78 is 38.8. The Morgan fingerprint density at radius 2 is 1.91 bits per heavy atom. The van der Waals surface area contributed by atoms with E-state index in [0.717, 1.165) is 51.0 Å². The minimum absolute atomic E-state index is 0. The van der Waals surface area contributed by atoms with Gasteiger partial charge in [-0.05, 0) is 36.8 Å². The van der Waals surface area contributed by atoms with Crippen molar-refractivity contribution in [2.45, 2.75) is 44.3 Å². The van der Waals surface area contributed by atoms with E-state index in [9.17, 15) is 18.0 Å². The average Bonchev–Trinajstić information content (AvgIpc) is 3.55. The molecule has 1 saturated carbocycles. The summed E-state index contributed by atoms with van der Waals surface area (Å²) in [5.41, 5.74) is 0.0778. The van der Waals surface area contributed by atoms with E-state index in [4.69, 9.17) is 0 Å². The van der Waals surface area contributed by atoms with Crippen molar-refractivity contribution in [2.24, 2.45) is 4.99 Å². The fourth-order valence-corrected chi connectivity index (χ4v) is 3.74. The second-order valence-electron chi connectivity index (χ2n) is 8.39. The number of aliphatic imine (C=N–C) groups is 1. The largest absolute Gasteiger partial charge is 0.416 e. The van der Waals surface area contributed by atoms with Crippen molar-refractivity contribution in [3.05, 3.63) is 35.4 Å². The van der Waals surface area contributed by atoms with Crippen LogP contribution in [0.2, 0.25) is 0 Å². The molecule has 1 aromatic rings. The third-order valence-corrected chi connectivity index (χ3v) is 5.84. The molecule has 6 nitrogen and oxygen atoms in total. The topological polar surface area (TPSA) is 60.0 Å². The van der Waals surface area contributed by atoms with Crippen LogP contribution in [0.25, 0.3) is 0 Å². The summed E-state index contributed by atoms with van der Waals surface area (Å²) in [5.74, 6) is 0.884. The Labute approximate surface area is 205 Å². The highest BCUT2D eigenvalue weighted by atomic mass is 127. The summed E-state index contributed by atoms with van der Waals surface area (Å²) in [6, 6.07) is 5.93. The number of piperazine rings is 1. The summed E-state index contributed by atoms with van der Waals surface area (Å²) in [5, 5.41) is 6.35. The number of carbonyl (C=O) groups is 1. The van der Waals surface area contributed by atoms with Gasteiger partial charge in [-0.25, -0.2) is 0 Å². The lowest BCUT2D eigenvalue weighted by atomic mass is 9.96. The van der Waals surface area contributed by atoms with Crippen LogP contribution in [0.4, 0.5) is 13.2 Å². The fraction of sp³-hybridized carbons (Fsp3) is 0.636. The molecule has 2 N–H and O–H groups in total. The Bertz CT molecular complexity index is 777. The van der Waals surface area contributed by atoms with Crippen molar-refractivity contribution in [1.82, 2.24) is 20.4 Å². The summed E-state index contributed by atoms with van der Waals surface area (Å²) in [6.07, 6.45) is -1.44. The Balaban J connectivity index is 0.00000363. The number of halogens is 4. The molecule has 180 valence electrons. The molecule has 1 atom stereocenters. The number of guanidine groups is 1. The number of nitrogens with zero attached hydrogens (tertiary/aromatic N) is 3. The van der Waals surface area contributed by atoms with Gasteiger partial charge in [-0.2, -0.15) is 13.2 Å². The molecular formula is C22H33F3IN5O. The van der Waals surface area contributed by atoms with Crippen LogP contribution in [0.15, 0.2) is 29.3 Å². The third kappa shape index (κ3) is 8.09. The highest BCUT2D eigenvalue weighted by Gasteiger charge is 2.30. The molecule has 3 rings (SSSR count). The van der Waals surface area contributed by atoms with Crippen molar-refractivity contribution >= 4 is 35.8 Å². The van der Waals surface area contributed by atoms with Gasteiger partial charge in [-0.3, -0.25) is 14.7 Å². The zero-order valence-electron chi connectivity index (χ0n) is 18.6. The maximum absolute atomic E-state index is 12.9. The van der Waals surface area contributed by atoms with Crippen LogP contribution in [-0.2, 0) is 11.0 Å². The molecular weight excluding hydrogens is 534 g/mol. The zero-order valence-corrected chi connectivity index (χ0v) is 21.0.